The van der Waals surface area contributed by atoms with Crippen LogP contribution in [0.15, 0.2) is 42.5 Å². The fourth-order valence-corrected chi connectivity index (χ4v) is 3.56. The summed E-state index contributed by atoms with van der Waals surface area (Å²) in [6, 6.07) is 12.9. The van der Waals surface area contributed by atoms with Gasteiger partial charge >= 0.3 is 0 Å². The predicted octanol–water partition coefficient (Wildman–Crippen LogP) is 1.84. The summed E-state index contributed by atoms with van der Waals surface area (Å²) in [6.07, 6.45) is -5.39. The number of hydrogen-bond donors (Lipinski definition) is 4. The third-order valence-corrected chi connectivity index (χ3v) is 5.29. The van der Waals surface area contributed by atoms with E-state index in [-0.39, 0.29) is 0 Å². The van der Waals surface area contributed by atoms with Crippen molar-refractivity contribution in [3.8, 4) is 5.75 Å². The molecule has 1 heterocycles. The van der Waals surface area contributed by atoms with Crippen molar-refractivity contribution >= 4 is 11.6 Å². The highest BCUT2D eigenvalue weighted by atomic mass is 35.5. The molecule has 1 aliphatic heterocycles. The van der Waals surface area contributed by atoms with Gasteiger partial charge in [0.2, 0.25) is 0 Å². The van der Waals surface area contributed by atoms with Crippen LogP contribution < -0.4 is 4.74 Å². The molecule has 1 fully saturated rings. The fourth-order valence-electron chi connectivity index (χ4n) is 3.37. The van der Waals surface area contributed by atoms with E-state index in [0.29, 0.717) is 23.6 Å². The van der Waals surface area contributed by atoms with Crippen molar-refractivity contribution in [3.05, 3.63) is 64.2 Å². The molecule has 152 valence electrons. The molecule has 2 unspecified atom stereocenters. The lowest BCUT2D eigenvalue weighted by molar-refractivity contribution is -0.231. The highest BCUT2D eigenvalue weighted by Gasteiger charge is 2.43. The summed E-state index contributed by atoms with van der Waals surface area (Å²) in [5.74, 6) is 0.799. The van der Waals surface area contributed by atoms with Crippen LogP contribution in [0.1, 0.15) is 29.7 Å². The molecule has 3 rings (SSSR count). The molecule has 5 atom stereocenters. The Morgan fingerprint density at radius 3 is 2.36 bits per heavy atom. The van der Waals surface area contributed by atoms with Crippen molar-refractivity contribution in [2.24, 2.45) is 0 Å². The highest BCUT2D eigenvalue weighted by Crippen LogP contribution is 2.34. The van der Waals surface area contributed by atoms with E-state index in [4.69, 9.17) is 21.1 Å². The quantitative estimate of drug-likeness (QED) is 0.582. The number of aliphatic hydroxyl groups is 4. The maximum Gasteiger partial charge on any atom is 0.119 e. The lowest BCUT2D eigenvalue weighted by Gasteiger charge is -2.40. The summed E-state index contributed by atoms with van der Waals surface area (Å²) in [4.78, 5) is 0. The van der Waals surface area contributed by atoms with Crippen molar-refractivity contribution in [2.75, 3.05) is 13.2 Å². The smallest absolute Gasteiger partial charge is 0.119 e. The first-order valence-corrected chi connectivity index (χ1v) is 9.63. The topological polar surface area (TPSA) is 99.4 Å². The SMILES string of the molecule is CCOc1ccc(Cc2cc([C@@H]3O[C@H](CO)C(O)[C@H](O)C3O)ccc2Cl)cc1. The third kappa shape index (κ3) is 4.49. The summed E-state index contributed by atoms with van der Waals surface area (Å²) in [6.45, 7) is 2.07. The number of aliphatic hydroxyl groups excluding tert-OH is 4. The van der Waals surface area contributed by atoms with E-state index in [1.165, 1.54) is 0 Å². The number of rotatable bonds is 6. The van der Waals surface area contributed by atoms with Gasteiger partial charge < -0.3 is 29.9 Å². The lowest BCUT2D eigenvalue weighted by Crippen LogP contribution is -2.55. The van der Waals surface area contributed by atoms with Gasteiger partial charge in [-0.3, -0.25) is 0 Å². The summed E-state index contributed by atoms with van der Waals surface area (Å²) in [7, 11) is 0. The van der Waals surface area contributed by atoms with Gasteiger partial charge in [-0.25, -0.2) is 0 Å². The molecule has 6 nitrogen and oxygen atoms in total. The van der Waals surface area contributed by atoms with Crippen LogP contribution in [-0.2, 0) is 11.2 Å². The summed E-state index contributed by atoms with van der Waals surface area (Å²) in [5.41, 5.74) is 2.49. The van der Waals surface area contributed by atoms with Crippen LogP contribution >= 0.6 is 11.6 Å². The van der Waals surface area contributed by atoms with Gasteiger partial charge in [-0.05, 0) is 48.2 Å². The average Bonchev–Trinajstić information content (AvgIpc) is 2.70. The second-order valence-corrected chi connectivity index (χ2v) is 7.26. The van der Waals surface area contributed by atoms with E-state index in [9.17, 15) is 20.4 Å². The molecular formula is C21H25ClO6. The van der Waals surface area contributed by atoms with E-state index >= 15 is 0 Å². The first kappa shape index (κ1) is 21.0. The van der Waals surface area contributed by atoms with Gasteiger partial charge in [0.25, 0.3) is 0 Å². The number of ether oxygens (including phenoxy) is 2. The van der Waals surface area contributed by atoms with Gasteiger partial charge in [0.1, 0.15) is 36.3 Å². The Morgan fingerprint density at radius 2 is 1.71 bits per heavy atom. The van der Waals surface area contributed by atoms with Gasteiger partial charge in [0.05, 0.1) is 13.2 Å². The van der Waals surface area contributed by atoms with E-state index in [1.54, 1.807) is 12.1 Å². The summed E-state index contributed by atoms with van der Waals surface area (Å²) >= 11 is 6.35. The molecule has 0 saturated carbocycles. The van der Waals surface area contributed by atoms with E-state index < -0.39 is 37.1 Å². The van der Waals surface area contributed by atoms with E-state index in [2.05, 4.69) is 0 Å². The minimum Gasteiger partial charge on any atom is -0.494 e. The minimum atomic E-state index is -1.42. The highest BCUT2D eigenvalue weighted by molar-refractivity contribution is 6.31. The number of hydrogen-bond acceptors (Lipinski definition) is 6. The van der Waals surface area contributed by atoms with Crippen LogP contribution in [0.3, 0.4) is 0 Å². The minimum absolute atomic E-state index is 0.464. The summed E-state index contributed by atoms with van der Waals surface area (Å²) < 4.78 is 11.1. The first-order valence-electron chi connectivity index (χ1n) is 9.25. The molecular weight excluding hydrogens is 384 g/mol. The monoisotopic (exact) mass is 408 g/mol. The van der Waals surface area contributed by atoms with Crippen LogP contribution in [0.5, 0.6) is 5.75 Å². The molecule has 7 heteroatoms. The molecule has 1 aliphatic rings. The number of benzene rings is 2. The van der Waals surface area contributed by atoms with Gasteiger partial charge in [0, 0.05) is 5.02 Å². The molecule has 1 saturated heterocycles. The van der Waals surface area contributed by atoms with Gasteiger partial charge in [0.15, 0.2) is 0 Å². The molecule has 0 aliphatic carbocycles. The Labute approximate surface area is 168 Å². The lowest BCUT2D eigenvalue weighted by atomic mass is 9.90. The van der Waals surface area contributed by atoms with Gasteiger partial charge in [-0.15, -0.1) is 0 Å². The molecule has 0 amide bonds. The molecule has 0 spiro atoms. The Morgan fingerprint density at radius 1 is 1.00 bits per heavy atom. The number of halogens is 1. The van der Waals surface area contributed by atoms with Crippen molar-refractivity contribution in [3.63, 3.8) is 0 Å². The van der Waals surface area contributed by atoms with Crippen LogP contribution in [0, 0.1) is 0 Å². The largest absolute Gasteiger partial charge is 0.494 e. The zero-order valence-electron chi connectivity index (χ0n) is 15.5. The standard InChI is InChI=1S/C21H25ClO6/c1-2-27-15-6-3-12(4-7-15)9-14-10-13(5-8-16(14)22)21-20(26)19(25)18(24)17(11-23)28-21/h3-8,10,17-21,23-26H,2,9,11H2,1H3/t17-,18?,19+,20?,21+/m1/s1. The van der Waals surface area contributed by atoms with Crippen molar-refractivity contribution in [1.29, 1.82) is 0 Å². The van der Waals surface area contributed by atoms with E-state index in [1.807, 2.05) is 37.3 Å². The second kappa shape index (κ2) is 9.22. The molecule has 2 aromatic rings. The maximum absolute atomic E-state index is 10.3. The average molecular weight is 409 g/mol. The normalized spacial score (nSPS) is 27.6. The second-order valence-electron chi connectivity index (χ2n) is 6.85. The zero-order valence-corrected chi connectivity index (χ0v) is 16.3. The van der Waals surface area contributed by atoms with Gasteiger partial charge in [-0.1, -0.05) is 35.9 Å². The molecule has 28 heavy (non-hydrogen) atoms. The van der Waals surface area contributed by atoms with Crippen molar-refractivity contribution in [2.45, 2.75) is 43.9 Å². The molecule has 4 N–H and O–H groups in total. The first-order chi connectivity index (χ1) is 13.4. The van der Waals surface area contributed by atoms with Crippen LogP contribution in [0.2, 0.25) is 5.02 Å². The predicted molar refractivity (Wildman–Crippen MR) is 105 cm³/mol. The maximum atomic E-state index is 10.3. The van der Waals surface area contributed by atoms with Crippen LogP contribution in [-0.4, -0.2) is 58.1 Å². The Kier molecular flexibility index (Phi) is 6.93. The van der Waals surface area contributed by atoms with Gasteiger partial charge in [-0.2, -0.15) is 0 Å². The summed E-state index contributed by atoms with van der Waals surface area (Å²) in [5, 5.41) is 40.3. The van der Waals surface area contributed by atoms with Crippen molar-refractivity contribution in [1.82, 2.24) is 0 Å². The zero-order chi connectivity index (χ0) is 20.3. The fraction of sp³-hybridized carbons (Fsp3) is 0.429. The molecule has 0 aromatic heterocycles. The van der Waals surface area contributed by atoms with Crippen molar-refractivity contribution < 1.29 is 29.9 Å². The van der Waals surface area contributed by atoms with Crippen LogP contribution in [0.4, 0.5) is 0 Å². The third-order valence-electron chi connectivity index (χ3n) is 4.92. The molecule has 0 bridgehead atoms. The Balaban J connectivity index is 1.82. The molecule has 2 aromatic carbocycles. The Bertz CT molecular complexity index is 779. The van der Waals surface area contributed by atoms with Crippen LogP contribution in [0.25, 0.3) is 0 Å². The molecule has 0 radical (unpaired) electrons. The van der Waals surface area contributed by atoms with E-state index in [0.717, 1.165) is 16.9 Å². The Hall–Kier alpha value is -1.67.